The van der Waals surface area contributed by atoms with Crippen molar-refractivity contribution in [3.63, 3.8) is 0 Å². The van der Waals surface area contributed by atoms with Crippen LogP contribution in [0.25, 0.3) is 0 Å². The highest BCUT2D eigenvalue weighted by atomic mass is 32.2. The minimum Gasteiger partial charge on any atom is -0.480 e. The third kappa shape index (κ3) is 4.38. The van der Waals surface area contributed by atoms with E-state index in [1.807, 2.05) is 0 Å². The van der Waals surface area contributed by atoms with E-state index >= 15 is 0 Å². The van der Waals surface area contributed by atoms with Crippen molar-refractivity contribution in [3.05, 3.63) is 25.3 Å². The molecule has 3 atom stereocenters. The van der Waals surface area contributed by atoms with Crippen molar-refractivity contribution in [2.24, 2.45) is 5.73 Å². The van der Waals surface area contributed by atoms with Gasteiger partial charge in [0.05, 0.1) is 0 Å². The zero-order chi connectivity index (χ0) is 12.7. The maximum Gasteiger partial charge on any atom is 0.322 e. The smallest absolute Gasteiger partial charge is 0.322 e. The molecule has 0 saturated heterocycles. The highest BCUT2D eigenvalue weighted by molar-refractivity contribution is 8.03. The minimum atomic E-state index is -1.61. The van der Waals surface area contributed by atoms with E-state index in [1.165, 1.54) is 12.2 Å². The van der Waals surface area contributed by atoms with Crippen molar-refractivity contribution < 1.29 is 18.3 Å². The fourth-order valence-electron chi connectivity index (χ4n) is 0.985. The summed E-state index contributed by atoms with van der Waals surface area (Å²) in [5.74, 6) is -1.19. The summed E-state index contributed by atoms with van der Waals surface area (Å²) in [6.45, 7) is 6.78. The average Bonchev–Trinajstić information content (AvgIpc) is 2.18. The summed E-state index contributed by atoms with van der Waals surface area (Å²) in [4.78, 5) is 10.7. The van der Waals surface area contributed by atoms with Crippen LogP contribution in [0.5, 0.6) is 0 Å². The van der Waals surface area contributed by atoms with Crippen LogP contribution in [0.1, 0.15) is 0 Å². The first-order chi connectivity index (χ1) is 7.45. The van der Waals surface area contributed by atoms with Crippen LogP contribution in [0.3, 0.4) is 0 Å². The van der Waals surface area contributed by atoms with Crippen LogP contribution in [0, 0.1) is 0 Å². The lowest BCUT2D eigenvalue weighted by molar-refractivity contribution is -0.138. The Bertz CT molecular complexity index is 307. The molecule has 0 bridgehead atoms. The van der Waals surface area contributed by atoms with E-state index in [4.69, 9.17) is 10.8 Å². The molecule has 0 amide bonds. The second kappa shape index (κ2) is 7.48. The Kier molecular flexibility index (Phi) is 7.11. The normalized spacial score (nSPS) is 18.1. The molecule has 0 aliphatic heterocycles. The van der Waals surface area contributed by atoms with Gasteiger partial charge >= 0.3 is 5.97 Å². The van der Waals surface area contributed by atoms with Gasteiger partial charge in [-0.15, -0.1) is 13.2 Å². The summed E-state index contributed by atoms with van der Waals surface area (Å²) >= 11 is 0. The second-order valence-corrected chi connectivity index (χ2v) is 6.41. The van der Waals surface area contributed by atoms with Crippen LogP contribution in [0.2, 0.25) is 0 Å². The molecule has 0 aromatic rings. The first-order valence-electron chi connectivity index (χ1n) is 4.40. The van der Waals surface area contributed by atoms with E-state index in [-0.39, 0.29) is 11.5 Å². The molecule has 0 saturated carbocycles. The second-order valence-electron chi connectivity index (χ2n) is 2.90. The van der Waals surface area contributed by atoms with Crippen molar-refractivity contribution in [3.8, 4) is 0 Å². The monoisotopic (exact) mass is 265 g/mol. The highest BCUT2D eigenvalue weighted by Crippen LogP contribution is 2.09. The SMILES string of the molecule is C=CCS(=O)C([C@H](N)C(=O)O)S(=O)CC=C. The molecular formula is C9H15NO4S2. The van der Waals surface area contributed by atoms with E-state index in [1.54, 1.807) is 0 Å². The van der Waals surface area contributed by atoms with Crippen LogP contribution in [0.4, 0.5) is 0 Å². The number of hydrogen-bond acceptors (Lipinski definition) is 4. The van der Waals surface area contributed by atoms with Crippen molar-refractivity contribution >= 4 is 27.6 Å². The van der Waals surface area contributed by atoms with Crippen LogP contribution >= 0.6 is 0 Å². The molecule has 3 N–H and O–H groups in total. The van der Waals surface area contributed by atoms with E-state index in [9.17, 15) is 13.2 Å². The molecule has 92 valence electrons. The summed E-state index contributed by atoms with van der Waals surface area (Å²) < 4.78 is 22.2. The van der Waals surface area contributed by atoms with Gasteiger partial charge in [-0.3, -0.25) is 13.2 Å². The summed E-state index contributed by atoms with van der Waals surface area (Å²) in [6.07, 6.45) is 2.76. The van der Waals surface area contributed by atoms with E-state index in [2.05, 4.69) is 13.2 Å². The van der Waals surface area contributed by atoms with Gasteiger partial charge in [-0.05, 0) is 0 Å². The zero-order valence-electron chi connectivity index (χ0n) is 8.70. The Morgan fingerprint density at radius 1 is 1.25 bits per heavy atom. The largest absolute Gasteiger partial charge is 0.480 e. The third-order valence-electron chi connectivity index (χ3n) is 1.66. The van der Waals surface area contributed by atoms with Crippen molar-refractivity contribution in [1.29, 1.82) is 0 Å². The molecule has 2 unspecified atom stereocenters. The summed E-state index contributed by atoms with van der Waals surface area (Å²) in [5, 5.41) is 8.74. The number of hydrogen-bond donors (Lipinski definition) is 2. The molecule has 0 aliphatic carbocycles. The molecule has 5 nitrogen and oxygen atoms in total. The van der Waals surface area contributed by atoms with E-state index < -0.39 is 38.2 Å². The number of carboxylic acid groups (broad SMARTS) is 1. The van der Waals surface area contributed by atoms with Crippen LogP contribution in [0.15, 0.2) is 25.3 Å². The van der Waals surface area contributed by atoms with Crippen LogP contribution in [-0.4, -0.2) is 41.6 Å². The summed E-state index contributed by atoms with van der Waals surface area (Å²) in [5.41, 5.74) is 5.37. The van der Waals surface area contributed by atoms with Crippen molar-refractivity contribution in [2.75, 3.05) is 11.5 Å². The van der Waals surface area contributed by atoms with Crippen molar-refractivity contribution in [2.45, 2.75) is 10.6 Å². The molecule has 0 aromatic heterocycles. The van der Waals surface area contributed by atoms with Gasteiger partial charge in [-0.1, -0.05) is 12.2 Å². The molecule has 0 rings (SSSR count). The van der Waals surface area contributed by atoms with E-state index in [0.29, 0.717) is 0 Å². The quantitative estimate of drug-likeness (QED) is 0.582. The molecule has 16 heavy (non-hydrogen) atoms. The van der Waals surface area contributed by atoms with Gasteiger partial charge in [-0.25, -0.2) is 0 Å². The van der Waals surface area contributed by atoms with Gasteiger partial charge in [0.1, 0.15) is 10.6 Å². The maximum absolute atomic E-state index is 11.7. The van der Waals surface area contributed by atoms with Gasteiger partial charge in [0.25, 0.3) is 0 Å². The zero-order valence-corrected chi connectivity index (χ0v) is 10.3. The van der Waals surface area contributed by atoms with E-state index in [0.717, 1.165) is 0 Å². The summed E-state index contributed by atoms with van der Waals surface area (Å²) in [6, 6.07) is -1.42. The molecule has 0 spiro atoms. The highest BCUT2D eigenvalue weighted by Gasteiger charge is 2.33. The van der Waals surface area contributed by atoms with Crippen LogP contribution in [-0.2, 0) is 26.4 Å². The van der Waals surface area contributed by atoms with Gasteiger partial charge in [0, 0.05) is 33.1 Å². The molecule has 0 aromatic carbocycles. The minimum absolute atomic E-state index is 0.0640. The maximum atomic E-state index is 11.7. The molecule has 0 aliphatic rings. The topological polar surface area (TPSA) is 97.5 Å². The Labute approximate surface area is 99.3 Å². The average molecular weight is 265 g/mol. The lowest BCUT2D eigenvalue weighted by atomic mass is 10.4. The Morgan fingerprint density at radius 2 is 1.62 bits per heavy atom. The molecule has 0 heterocycles. The molecule has 0 fully saturated rings. The number of carbonyl (C=O) groups is 1. The third-order valence-corrected chi connectivity index (χ3v) is 5.70. The fourth-order valence-corrected chi connectivity index (χ4v) is 4.15. The number of carboxylic acids is 1. The predicted octanol–water partition coefficient (Wildman–Crippen LogP) is -0.406. The Morgan fingerprint density at radius 3 is 1.88 bits per heavy atom. The lowest BCUT2D eigenvalue weighted by Crippen LogP contribution is -2.47. The standard InChI is InChI=1S/C9H15NO4S2/c1-3-5-15(13)9(7(10)8(11)12)16(14)6-4-2/h3-4,7,9H,1-2,5-6,10H2,(H,11,12)/t7-,9?,15?,16?/m1/s1. The Hall–Kier alpha value is -0.790. The predicted molar refractivity (Wildman–Crippen MR) is 65.8 cm³/mol. The Balaban J connectivity index is 4.95. The van der Waals surface area contributed by atoms with Gasteiger partial charge in [0.2, 0.25) is 0 Å². The van der Waals surface area contributed by atoms with Gasteiger partial charge < -0.3 is 10.8 Å². The number of aliphatic carboxylic acids is 1. The van der Waals surface area contributed by atoms with Crippen LogP contribution < -0.4 is 5.73 Å². The first kappa shape index (κ1) is 15.2. The summed E-state index contributed by atoms with van der Waals surface area (Å²) in [7, 11) is -3.22. The first-order valence-corrected chi connectivity index (χ1v) is 7.16. The fraction of sp³-hybridized carbons (Fsp3) is 0.444. The lowest BCUT2D eigenvalue weighted by Gasteiger charge is -2.18. The van der Waals surface area contributed by atoms with Gasteiger partial charge in [0.15, 0.2) is 0 Å². The van der Waals surface area contributed by atoms with Crippen molar-refractivity contribution in [1.82, 2.24) is 0 Å². The van der Waals surface area contributed by atoms with Gasteiger partial charge in [-0.2, -0.15) is 0 Å². The number of nitrogens with two attached hydrogens (primary N) is 1. The molecule has 0 radical (unpaired) electrons. The molecular weight excluding hydrogens is 250 g/mol. The molecule has 7 heteroatoms. The number of rotatable bonds is 8.